The predicted octanol–water partition coefficient (Wildman–Crippen LogP) is 3.02. The fourth-order valence-electron chi connectivity index (χ4n) is 1.01. The van der Waals surface area contributed by atoms with E-state index < -0.39 is 5.82 Å². The molecule has 0 aliphatic carbocycles. The third-order valence-electron chi connectivity index (χ3n) is 1.66. The topological polar surface area (TPSA) is 23.8 Å². The highest BCUT2D eigenvalue weighted by atomic mass is 79.9. The van der Waals surface area contributed by atoms with Gasteiger partial charge < -0.3 is 0 Å². The molecule has 0 spiro atoms. The highest BCUT2D eigenvalue weighted by Crippen LogP contribution is 2.22. The standard InChI is InChI=1S/C9H7BrFN/c1-2-7-8(10)4-3-6(5-12)9(7)11/h3-4H,2H2,1H3. The van der Waals surface area contributed by atoms with Crippen molar-refractivity contribution in [3.63, 3.8) is 0 Å². The van der Waals surface area contributed by atoms with Gasteiger partial charge in [-0.3, -0.25) is 0 Å². The van der Waals surface area contributed by atoms with Gasteiger partial charge in [-0.1, -0.05) is 22.9 Å². The first kappa shape index (κ1) is 9.21. The summed E-state index contributed by atoms with van der Waals surface area (Å²) in [6.07, 6.45) is 0.585. The van der Waals surface area contributed by atoms with E-state index in [2.05, 4.69) is 15.9 Å². The second kappa shape index (κ2) is 3.68. The molecule has 12 heavy (non-hydrogen) atoms. The van der Waals surface area contributed by atoms with E-state index in [1.165, 1.54) is 6.07 Å². The second-order valence-corrected chi connectivity index (χ2v) is 3.21. The minimum Gasteiger partial charge on any atom is -0.205 e. The van der Waals surface area contributed by atoms with Gasteiger partial charge in [-0.05, 0) is 18.6 Å². The van der Waals surface area contributed by atoms with Crippen molar-refractivity contribution < 1.29 is 4.39 Å². The van der Waals surface area contributed by atoms with Crippen molar-refractivity contribution in [1.29, 1.82) is 5.26 Å². The summed E-state index contributed by atoms with van der Waals surface area (Å²) in [7, 11) is 0. The molecule has 0 saturated heterocycles. The fraction of sp³-hybridized carbons (Fsp3) is 0.222. The minimum atomic E-state index is -0.408. The monoisotopic (exact) mass is 227 g/mol. The first-order valence-electron chi connectivity index (χ1n) is 3.57. The molecule has 0 aliphatic rings. The zero-order valence-electron chi connectivity index (χ0n) is 6.56. The van der Waals surface area contributed by atoms with E-state index in [4.69, 9.17) is 5.26 Å². The van der Waals surface area contributed by atoms with E-state index >= 15 is 0 Å². The normalized spacial score (nSPS) is 9.50. The molecule has 0 bridgehead atoms. The van der Waals surface area contributed by atoms with Gasteiger partial charge >= 0.3 is 0 Å². The largest absolute Gasteiger partial charge is 0.205 e. The van der Waals surface area contributed by atoms with Crippen molar-refractivity contribution >= 4 is 15.9 Å². The lowest BCUT2D eigenvalue weighted by Gasteiger charge is -2.03. The maximum absolute atomic E-state index is 13.3. The molecule has 0 aromatic heterocycles. The van der Waals surface area contributed by atoms with Crippen LogP contribution < -0.4 is 0 Å². The second-order valence-electron chi connectivity index (χ2n) is 2.35. The molecular formula is C9H7BrFN. The summed E-state index contributed by atoms with van der Waals surface area (Å²) in [5.41, 5.74) is 0.670. The fourth-order valence-corrected chi connectivity index (χ4v) is 1.59. The van der Waals surface area contributed by atoms with Crippen LogP contribution in [-0.2, 0) is 6.42 Å². The Morgan fingerprint density at radius 3 is 2.75 bits per heavy atom. The van der Waals surface area contributed by atoms with Gasteiger partial charge in [0.1, 0.15) is 11.9 Å². The Labute approximate surface area is 79.0 Å². The van der Waals surface area contributed by atoms with E-state index in [0.717, 1.165) is 4.47 Å². The summed E-state index contributed by atoms with van der Waals surface area (Å²) in [5.74, 6) is -0.408. The first-order valence-corrected chi connectivity index (χ1v) is 4.37. The molecule has 1 aromatic carbocycles. The van der Waals surface area contributed by atoms with Crippen LogP contribution in [0.1, 0.15) is 18.1 Å². The van der Waals surface area contributed by atoms with Gasteiger partial charge in [-0.2, -0.15) is 5.26 Å². The lowest BCUT2D eigenvalue weighted by Crippen LogP contribution is -1.93. The maximum Gasteiger partial charge on any atom is 0.145 e. The highest BCUT2D eigenvalue weighted by Gasteiger charge is 2.09. The number of hydrogen-bond acceptors (Lipinski definition) is 1. The number of nitrogens with zero attached hydrogens (tertiary/aromatic N) is 1. The molecule has 0 radical (unpaired) electrons. The maximum atomic E-state index is 13.3. The van der Waals surface area contributed by atoms with Crippen LogP contribution in [0.2, 0.25) is 0 Å². The Balaban J connectivity index is 3.36. The summed E-state index contributed by atoms with van der Waals surface area (Å²) in [6, 6.07) is 4.97. The molecule has 0 fully saturated rings. The highest BCUT2D eigenvalue weighted by molar-refractivity contribution is 9.10. The van der Waals surface area contributed by atoms with E-state index in [-0.39, 0.29) is 5.56 Å². The number of halogens is 2. The molecule has 0 unspecified atom stereocenters. The third kappa shape index (κ3) is 1.49. The van der Waals surface area contributed by atoms with E-state index in [0.29, 0.717) is 12.0 Å². The Hall–Kier alpha value is -0.880. The van der Waals surface area contributed by atoms with Gasteiger partial charge in [0, 0.05) is 10.0 Å². The van der Waals surface area contributed by atoms with Gasteiger partial charge in [-0.15, -0.1) is 0 Å². The van der Waals surface area contributed by atoms with Gasteiger partial charge in [-0.25, -0.2) is 4.39 Å². The van der Waals surface area contributed by atoms with Crippen LogP contribution >= 0.6 is 15.9 Å². The minimum absolute atomic E-state index is 0.107. The molecular weight excluding hydrogens is 221 g/mol. The van der Waals surface area contributed by atoms with Crippen molar-refractivity contribution in [2.24, 2.45) is 0 Å². The van der Waals surface area contributed by atoms with Crippen LogP contribution in [-0.4, -0.2) is 0 Å². The summed E-state index contributed by atoms with van der Waals surface area (Å²) in [5, 5.41) is 8.52. The number of rotatable bonds is 1. The quantitative estimate of drug-likeness (QED) is 0.724. The van der Waals surface area contributed by atoms with Crippen molar-refractivity contribution in [2.75, 3.05) is 0 Å². The van der Waals surface area contributed by atoms with Gasteiger partial charge in [0.15, 0.2) is 0 Å². The zero-order chi connectivity index (χ0) is 9.14. The molecule has 0 N–H and O–H groups in total. The Morgan fingerprint density at radius 1 is 1.58 bits per heavy atom. The van der Waals surface area contributed by atoms with Gasteiger partial charge in [0.05, 0.1) is 5.56 Å². The first-order chi connectivity index (χ1) is 5.70. The van der Waals surface area contributed by atoms with Crippen molar-refractivity contribution in [2.45, 2.75) is 13.3 Å². The van der Waals surface area contributed by atoms with Gasteiger partial charge in [0.25, 0.3) is 0 Å². The van der Waals surface area contributed by atoms with Crippen LogP contribution in [0.4, 0.5) is 4.39 Å². The van der Waals surface area contributed by atoms with Gasteiger partial charge in [0.2, 0.25) is 0 Å². The third-order valence-corrected chi connectivity index (χ3v) is 2.40. The molecule has 0 saturated carbocycles. The number of hydrogen-bond donors (Lipinski definition) is 0. The van der Waals surface area contributed by atoms with Crippen LogP contribution in [0.25, 0.3) is 0 Å². The predicted molar refractivity (Wildman–Crippen MR) is 48.2 cm³/mol. The smallest absolute Gasteiger partial charge is 0.145 e. The van der Waals surface area contributed by atoms with E-state index in [1.54, 1.807) is 12.1 Å². The summed E-state index contributed by atoms with van der Waals surface area (Å²) in [6.45, 7) is 1.85. The number of nitriles is 1. The Bertz CT molecular complexity index is 341. The van der Waals surface area contributed by atoms with Crippen LogP contribution in [0.3, 0.4) is 0 Å². The van der Waals surface area contributed by atoms with Crippen LogP contribution in [0.15, 0.2) is 16.6 Å². The zero-order valence-corrected chi connectivity index (χ0v) is 8.15. The molecule has 1 nitrogen and oxygen atoms in total. The molecule has 0 atom stereocenters. The molecule has 62 valence electrons. The molecule has 0 aliphatic heterocycles. The van der Waals surface area contributed by atoms with E-state index in [1.807, 2.05) is 6.92 Å². The van der Waals surface area contributed by atoms with Crippen LogP contribution in [0.5, 0.6) is 0 Å². The lowest BCUT2D eigenvalue weighted by atomic mass is 10.1. The summed E-state index contributed by atoms with van der Waals surface area (Å²) < 4.78 is 14.0. The Morgan fingerprint density at radius 2 is 2.25 bits per heavy atom. The summed E-state index contributed by atoms with van der Waals surface area (Å²) >= 11 is 3.22. The van der Waals surface area contributed by atoms with Crippen molar-refractivity contribution in [1.82, 2.24) is 0 Å². The Kier molecular flexibility index (Phi) is 2.83. The van der Waals surface area contributed by atoms with Crippen molar-refractivity contribution in [3.8, 4) is 6.07 Å². The number of benzene rings is 1. The average Bonchev–Trinajstić information content (AvgIpc) is 2.06. The average molecular weight is 228 g/mol. The van der Waals surface area contributed by atoms with Crippen LogP contribution in [0, 0.1) is 17.1 Å². The molecule has 1 rings (SSSR count). The lowest BCUT2D eigenvalue weighted by molar-refractivity contribution is 0.607. The molecule has 1 aromatic rings. The molecule has 0 heterocycles. The van der Waals surface area contributed by atoms with Crippen molar-refractivity contribution in [3.05, 3.63) is 33.5 Å². The summed E-state index contributed by atoms with van der Waals surface area (Å²) in [4.78, 5) is 0. The SMILES string of the molecule is CCc1c(Br)ccc(C#N)c1F. The molecule has 0 amide bonds. The molecule has 3 heteroatoms. The van der Waals surface area contributed by atoms with E-state index in [9.17, 15) is 4.39 Å².